The van der Waals surface area contributed by atoms with E-state index in [-0.39, 0.29) is 5.69 Å². The van der Waals surface area contributed by atoms with Crippen molar-refractivity contribution in [3.8, 4) is 22.8 Å². The van der Waals surface area contributed by atoms with E-state index in [9.17, 15) is 9.90 Å². The van der Waals surface area contributed by atoms with Crippen LogP contribution in [0.1, 0.15) is 41.0 Å². The molecule has 3 aromatic carbocycles. The van der Waals surface area contributed by atoms with Crippen molar-refractivity contribution in [1.29, 1.82) is 0 Å². The second-order valence-corrected chi connectivity index (χ2v) is 14.7. The van der Waals surface area contributed by atoms with Gasteiger partial charge in [-0.15, -0.1) is 11.8 Å². The molecule has 12 heteroatoms. The number of aryl methyl sites for hydroxylation is 2. The summed E-state index contributed by atoms with van der Waals surface area (Å²) in [7, 11) is 3.69. The topological polar surface area (TPSA) is 108 Å². The second kappa shape index (κ2) is 14.0. The van der Waals surface area contributed by atoms with Crippen LogP contribution in [0.15, 0.2) is 65.2 Å². The van der Waals surface area contributed by atoms with Gasteiger partial charge in [0, 0.05) is 52.5 Å². The van der Waals surface area contributed by atoms with Gasteiger partial charge in [-0.25, -0.2) is 15.3 Å². The number of ether oxygens (including phenoxy) is 2. The van der Waals surface area contributed by atoms with Gasteiger partial charge >= 0.3 is 5.97 Å². The molecule has 5 aromatic rings. The molecule has 3 N–H and O–H groups in total. The number of hydrazine groups is 1. The van der Waals surface area contributed by atoms with Gasteiger partial charge in [-0.3, -0.25) is 0 Å². The fourth-order valence-electron chi connectivity index (χ4n) is 6.70. The molecule has 0 amide bonds. The summed E-state index contributed by atoms with van der Waals surface area (Å²) in [6.45, 7) is 1.63. The number of carboxylic acid groups (broad SMARTS) is 1. The third-order valence-corrected chi connectivity index (χ3v) is 11.3. The number of fused-ring (bicyclic) bond motifs is 8. The Morgan fingerprint density at radius 2 is 1.92 bits per heavy atom. The van der Waals surface area contributed by atoms with Gasteiger partial charge < -0.3 is 24.2 Å². The van der Waals surface area contributed by atoms with Crippen LogP contribution in [-0.2, 0) is 25.8 Å². The highest BCUT2D eigenvalue weighted by Gasteiger charge is 2.31. The van der Waals surface area contributed by atoms with Crippen LogP contribution in [0, 0.1) is 0 Å². The average Bonchev–Trinajstić information content (AvgIpc) is 3.73. The molecule has 9 nitrogen and oxygen atoms in total. The number of hydrogen-bond acceptors (Lipinski definition) is 8. The number of benzene rings is 3. The third kappa shape index (κ3) is 6.24. The summed E-state index contributed by atoms with van der Waals surface area (Å²) >= 11 is 10.6. The van der Waals surface area contributed by atoms with Crippen molar-refractivity contribution in [3.05, 3.63) is 82.3 Å². The number of allylic oxidation sites excluding steroid dienone is 1. The van der Waals surface area contributed by atoms with Gasteiger partial charge in [-0.1, -0.05) is 48.0 Å². The maximum atomic E-state index is 12.8. The van der Waals surface area contributed by atoms with Gasteiger partial charge in [0.2, 0.25) is 5.88 Å². The molecular weight excluding hydrogens is 666 g/mol. The largest absolute Gasteiger partial charge is 0.493 e. The summed E-state index contributed by atoms with van der Waals surface area (Å²) in [5, 5.41) is 20.7. The zero-order chi connectivity index (χ0) is 33.4. The summed E-state index contributed by atoms with van der Waals surface area (Å²) in [6, 6.07) is 16.3. The van der Waals surface area contributed by atoms with Gasteiger partial charge in [0.05, 0.1) is 34.9 Å². The van der Waals surface area contributed by atoms with E-state index in [1.165, 1.54) is 0 Å². The predicted octanol–water partition coefficient (Wildman–Crippen LogP) is 7.76. The molecule has 2 aliphatic rings. The third-order valence-electron chi connectivity index (χ3n) is 8.96. The number of hydrogen-bond donors (Lipinski definition) is 2. The molecule has 2 aromatic heterocycles. The second-order valence-electron chi connectivity index (χ2n) is 12.1. The standard InChI is InChI=1S/C36H38ClN5O4S2/c1-40-33-27-12-13-28(37)31(33)32-29(39-42-14-16-46-35(32)42)21-47-17-6-5-9-23(41(2)38)20-48-24-18-22-8-3-4-10-25(22)30(19-24)45-15-7-11-26(27)34(40)36(43)44/h3-4,8-10,12-13,18-19H,5-7,11,14-17,20-21,38H2,1-2H3,(H,43,44)/b23-9-. The van der Waals surface area contributed by atoms with Crippen molar-refractivity contribution in [2.45, 2.75) is 42.9 Å². The van der Waals surface area contributed by atoms with Gasteiger partial charge in [-0.05, 0) is 60.6 Å². The summed E-state index contributed by atoms with van der Waals surface area (Å²) < 4.78 is 16.2. The number of aromatic carboxylic acids is 1. The number of nitrogens with zero attached hydrogens (tertiary/aromatic N) is 4. The summed E-state index contributed by atoms with van der Waals surface area (Å²) in [5.41, 5.74) is 5.37. The van der Waals surface area contributed by atoms with Crippen LogP contribution in [0.2, 0.25) is 5.02 Å². The van der Waals surface area contributed by atoms with E-state index in [0.29, 0.717) is 49.3 Å². The molecular formula is C36H38ClN5O4S2. The smallest absolute Gasteiger partial charge is 0.352 e. The number of carboxylic acids is 1. The Kier molecular flexibility index (Phi) is 9.55. The number of thioether (sulfide) groups is 2. The number of halogens is 1. The molecule has 0 saturated carbocycles. The molecule has 6 bridgehead atoms. The van der Waals surface area contributed by atoms with Crippen molar-refractivity contribution in [2.75, 3.05) is 31.8 Å². The van der Waals surface area contributed by atoms with E-state index in [1.54, 1.807) is 21.3 Å². The Morgan fingerprint density at radius 3 is 2.75 bits per heavy atom. The van der Waals surface area contributed by atoms with Crippen LogP contribution in [0.4, 0.5) is 0 Å². The summed E-state index contributed by atoms with van der Waals surface area (Å²) in [5.74, 6) is 9.14. The van der Waals surface area contributed by atoms with Crippen LogP contribution in [0.3, 0.4) is 0 Å². The maximum Gasteiger partial charge on any atom is 0.352 e. The fraction of sp³-hybridized carbons (Fsp3) is 0.333. The van der Waals surface area contributed by atoms with Crippen molar-refractivity contribution in [3.63, 3.8) is 0 Å². The minimum absolute atomic E-state index is 0.254. The molecule has 48 heavy (non-hydrogen) atoms. The zero-order valence-corrected chi connectivity index (χ0v) is 29.4. The fourth-order valence-corrected chi connectivity index (χ4v) is 8.90. The lowest BCUT2D eigenvalue weighted by molar-refractivity contribution is 0.0685. The monoisotopic (exact) mass is 703 g/mol. The SMILES string of the molecule is CN(N)/C1=C\CCCSCc2nn3c(c2-c2c(Cl)ccc4c(c(C(=O)O)n(C)c24)CCCOc2cc(cc4ccccc24)SC1)OCC3. The van der Waals surface area contributed by atoms with Gasteiger partial charge in [-0.2, -0.15) is 16.9 Å². The van der Waals surface area contributed by atoms with E-state index < -0.39 is 5.97 Å². The zero-order valence-electron chi connectivity index (χ0n) is 27.0. The predicted molar refractivity (Wildman–Crippen MR) is 196 cm³/mol. The van der Waals surface area contributed by atoms with Crippen LogP contribution in [0.5, 0.6) is 11.6 Å². The van der Waals surface area contributed by atoms with Crippen molar-refractivity contribution in [2.24, 2.45) is 12.9 Å². The highest BCUT2D eigenvalue weighted by molar-refractivity contribution is 7.99. The number of carbonyl (C=O) groups is 1. The highest BCUT2D eigenvalue weighted by Crippen LogP contribution is 2.46. The van der Waals surface area contributed by atoms with Crippen molar-refractivity contribution >= 4 is 62.8 Å². The summed E-state index contributed by atoms with van der Waals surface area (Å²) in [4.78, 5) is 13.9. The normalized spacial score (nSPS) is 17.0. The molecule has 7 rings (SSSR count). The first kappa shape index (κ1) is 32.8. The van der Waals surface area contributed by atoms with Crippen LogP contribution in [-0.4, -0.2) is 62.2 Å². The average molecular weight is 704 g/mol. The Bertz CT molecular complexity index is 2050. The lowest BCUT2D eigenvalue weighted by Crippen LogP contribution is -2.26. The Balaban J connectivity index is 1.31. The first-order chi connectivity index (χ1) is 23.3. The van der Waals surface area contributed by atoms with Crippen LogP contribution >= 0.6 is 35.1 Å². The molecule has 0 fully saturated rings. The number of rotatable bonds is 2. The molecule has 2 aliphatic heterocycles. The molecule has 250 valence electrons. The van der Waals surface area contributed by atoms with E-state index in [1.807, 2.05) is 54.8 Å². The Morgan fingerprint density at radius 1 is 1.06 bits per heavy atom. The maximum absolute atomic E-state index is 12.8. The molecule has 0 unspecified atom stereocenters. The first-order valence-electron chi connectivity index (χ1n) is 16.1. The quantitative estimate of drug-likeness (QED) is 0.141. The minimum atomic E-state index is -0.976. The lowest BCUT2D eigenvalue weighted by Gasteiger charge is -2.17. The Labute approximate surface area is 293 Å². The number of nitrogens with two attached hydrogens (primary N) is 1. The highest BCUT2D eigenvalue weighted by atomic mass is 35.5. The molecule has 0 aliphatic carbocycles. The molecule has 4 heterocycles. The molecule has 0 atom stereocenters. The number of aromatic nitrogens is 3. The molecule has 0 spiro atoms. The molecule has 0 saturated heterocycles. The summed E-state index contributed by atoms with van der Waals surface area (Å²) in [6.07, 6.45) is 5.27. The van der Waals surface area contributed by atoms with Crippen molar-refractivity contribution < 1.29 is 19.4 Å². The lowest BCUT2D eigenvalue weighted by atomic mass is 9.99. The van der Waals surface area contributed by atoms with E-state index in [2.05, 4.69) is 30.3 Å². The minimum Gasteiger partial charge on any atom is -0.493 e. The van der Waals surface area contributed by atoms with E-state index >= 15 is 0 Å². The van der Waals surface area contributed by atoms with E-state index in [0.717, 1.165) is 84.7 Å². The molecule has 0 radical (unpaired) electrons. The van der Waals surface area contributed by atoms with E-state index in [4.69, 9.17) is 32.0 Å². The first-order valence-corrected chi connectivity index (χ1v) is 18.6. The van der Waals surface area contributed by atoms with Crippen LogP contribution < -0.4 is 15.3 Å². The van der Waals surface area contributed by atoms with Gasteiger partial charge in [0.15, 0.2) is 0 Å². The van der Waals surface area contributed by atoms with Gasteiger partial charge in [0.1, 0.15) is 18.1 Å². The van der Waals surface area contributed by atoms with Crippen LogP contribution in [0.25, 0.3) is 32.8 Å². The Hall–Kier alpha value is -3.77. The van der Waals surface area contributed by atoms with Gasteiger partial charge in [0.25, 0.3) is 0 Å². The van der Waals surface area contributed by atoms with Crippen molar-refractivity contribution in [1.82, 2.24) is 19.4 Å².